The SMILES string of the molecule is CC(CC(=O)N(C)CC(C)(C)CN)c1ccc(Br)cc1. The number of rotatable bonds is 6. The lowest BCUT2D eigenvalue weighted by Gasteiger charge is -2.29. The van der Waals surface area contributed by atoms with Crippen molar-refractivity contribution in [2.45, 2.75) is 33.1 Å². The Bertz CT molecular complexity index is 442. The van der Waals surface area contributed by atoms with E-state index in [0.717, 1.165) is 4.47 Å². The number of carbonyl (C=O) groups excluding carboxylic acids is 1. The largest absolute Gasteiger partial charge is 0.345 e. The Kier molecular flexibility index (Phi) is 6.21. The molecular weight excluding hydrogens is 316 g/mol. The molecule has 0 aliphatic heterocycles. The van der Waals surface area contributed by atoms with Gasteiger partial charge < -0.3 is 10.6 Å². The molecule has 0 saturated heterocycles. The monoisotopic (exact) mass is 340 g/mol. The Morgan fingerprint density at radius 2 is 1.90 bits per heavy atom. The van der Waals surface area contributed by atoms with Gasteiger partial charge >= 0.3 is 0 Å². The fraction of sp³-hybridized carbons (Fsp3) is 0.562. The lowest BCUT2D eigenvalue weighted by Crippen LogP contribution is -2.40. The van der Waals surface area contributed by atoms with Crippen LogP contribution in [0.5, 0.6) is 0 Å². The van der Waals surface area contributed by atoms with E-state index in [-0.39, 0.29) is 17.2 Å². The average molecular weight is 341 g/mol. The van der Waals surface area contributed by atoms with Crippen LogP contribution in [0, 0.1) is 5.41 Å². The molecule has 4 heteroatoms. The highest BCUT2D eigenvalue weighted by atomic mass is 79.9. The molecule has 0 fully saturated rings. The summed E-state index contributed by atoms with van der Waals surface area (Å²) in [6.07, 6.45) is 0.527. The van der Waals surface area contributed by atoms with Gasteiger partial charge in [-0.1, -0.05) is 48.8 Å². The van der Waals surface area contributed by atoms with Gasteiger partial charge in [-0.25, -0.2) is 0 Å². The second-order valence-electron chi connectivity index (χ2n) is 6.27. The van der Waals surface area contributed by atoms with Crippen molar-refractivity contribution in [3.05, 3.63) is 34.3 Å². The zero-order valence-corrected chi connectivity index (χ0v) is 14.4. The third kappa shape index (κ3) is 5.25. The number of benzene rings is 1. The molecule has 0 aromatic heterocycles. The maximum absolute atomic E-state index is 12.3. The van der Waals surface area contributed by atoms with Crippen molar-refractivity contribution in [3.8, 4) is 0 Å². The molecule has 1 aromatic rings. The second kappa shape index (κ2) is 7.23. The van der Waals surface area contributed by atoms with Crippen molar-refractivity contribution >= 4 is 21.8 Å². The van der Waals surface area contributed by atoms with Crippen molar-refractivity contribution < 1.29 is 4.79 Å². The number of nitrogens with two attached hydrogens (primary N) is 1. The van der Waals surface area contributed by atoms with Crippen LogP contribution in [-0.4, -0.2) is 30.9 Å². The van der Waals surface area contributed by atoms with E-state index in [9.17, 15) is 4.79 Å². The number of halogens is 1. The third-order valence-electron chi connectivity index (χ3n) is 3.56. The topological polar surface area (TPSA) is 46.3 Å². The van der Waals surface area contributed by atoms with Gasteiger partial charge in [0.15, 0.2) is 0 Å². The van der Waals surface area contributed by atoms with Crippen molar-refractivity contribution in [2.24, 2.45) is 11.1 Å². The van der Waals surface area contributed by atoms with E-state index in [0.29, 0.717) is 19.5 Å². The summed E-state index contributed by atoms with van der Waals surface area (Å²) in [6, 6.07) is 8.15. The summed E-state index contributed by atoms with van der Waals surface area (Å²) in [5.74, 6) is 0.390. The molecule has 1 rings (SSSR count). The molecule has 0 aliphatic carbocycles. The lowest BCUT2D eigenvalue weighted by atomic mass is 9.92. The Balaban J connectivity index is 2.59. The number of hydrogen-bond acceptors (Lipinski definition) is 2. The number of nitrogens with zero attached hydrogens (tertiary/aromatic N) is 1. The van der Waals surface area contributed by atoms with Gasteiger partial charge in [0.25, 0.3) is 0 Å². The first-order chi connectivity index (χ1) is 9.25. The van der Waals surface area contributed by atoms with Crippen molar-refractivity contribution in [1.29, 1.82) is 0 Å². The second-order valence-corrected chi connectivity index (χ2v) is 7.19. The minimum Gasteiger partial charge on any atom is -0.345 e. The summed E-state index contributed by atoms with van der Waals surface area (Å²) in [7, 11) is 1.86. The first kappa shape index (κ1) is 17.2. The zero-order chi connectivity index (χ0) is 15.3. The highest BCUT2D eigenvalue weighted by Gasteiger charge is 2.22. The van der Waals surface area contributed by atoms with E-state index < -0.39 is 0 Å². The van der Waals surface area contributed by atoms with E-state index in [1.54, 1.807) is 4.90 Å². The molecule has 0 heterocycles. The molecule has 2 N–H and O–H groups in total. The molecule has 0 spiro atoms. The van der Waals surface area contributed by atoms with Gasteiger partial charge in [0.1, 0.15) is 0 Å². The molecule has 112 valence electrons. The summed E-state index contributed by atoms with van der Waals surface area (Å²) in [6.45, 7) is 7.51. The predicted molar refractivity (Wildman–Crippen MR) is 87.6 cm³/mol. The van der Waals surface area contributed by atoms with Gasteiger partial charge in [0, 0.05) is 24.5 Å². The average Bonchev–Trinajstić information content (AvgIpc) is 2.38. The highest BCUT2D eigenvalue weighted by Crippen LogP contribution is 2.23. The van der Waals surface area contributed by atoms with Crippen LogP contribution in [0.1, 0.15) is 38.7 Å². The van der Waals surface area contributed by atoms with Gasteiger partial charge in [-0.2, -0.15) is 0 Å². The molecule has 1 atom stereocenters. The van der Waals surface area contributed by atoms with Crippen LogP contribution in [0.15, 0.2) is 28.7 Å². The van der Waals surface area contributed by atoms with Crippen molar-refractivity contribution in [3.63, 3.8) is 0 Å². The Hall–Kier alpha value is -0.870. The van der Waals surface area contributed by atoms with Crippen LogP contribution in [0.4, 0.5) is 0 Å². The molecule has 1 unspecified atom stereocenters. The van der Waals surface area contributed by atoms with Gasteiger partial charge in [-0.15, -0.1) is 0 Å². The van der Waals surface area contributed by atoms with E-state index in [1.165, 1.54) is 5.56 Å². The number of amides is 1. The summed E-state index contributed by atoms with van der Waals surface area (Å²) < 4.78 is 1.06. The van der Waals surface area contributed by atoms with Crippen molar-refractivity contribution in [1.82, 2.24) is 4.90 Å². The zero-order valence-electron chi connectivity index (χ0n) is 12.8. The molecule has 0 aliphatic rings. The van der Waals surface area contributed by atoms with Crippen LogP contribution in [-0.2, 0) is 4.79 Å². The maximum Gasteiger partial charge on any atom is 0.222 e. The normalized spacial score (nSPS) is 13.1. The fourth-order valence-corrected chi connectivity index (χ4v) is 2.39. The fourth-order valence-electron chi connectivity index (χ4n) is 2.12. The van der Waals surface area contributed by atoms with Gasteiger partial charge in [0.2, 0.25) is 5.91 Å². The third-order valence-corrected chi connectivity index (χ3v) is 4.09. The van der Waals surface area contributed by atoms with Crippen LogP contribution < -0.4 is 5.73 Å². The number of hydrogen-bond donors (Lipinski definition) is 1. The van der Waals surface area contributed by atoms with Gasteiger partial charge in [-0.05, 0) is 35.6 Å². The first-order valence-electron chi connectivity index (χ1n) is 6.94. The molecule has 0 bridgehead atoms. The van der Waals surface area contributed by atoms with E-state index in [2.05, 4.69) is 48.8 Å². The number of carbonyl (C=O) groups is 1. The molecule has 0 radical (unpaired) electrons. The van der Waals surface area contributed by atoms with Crippen LogP contribution >= 0.6 is 15.9 Å². The van der Waals surface area contributed by atoms with Gasteiger partial charge in [-0.3, -0.25) is 4.79 Å². The van der Waals surface area contributed by atoms with Crippen LogP contribution in [0.25, 0.3) is 0 Å². The molecule has 1 amide bonds. The van der Waals surface area contributed by atoms with E-state index in [4.69, 9.17) is 5.73 Å². The Morgan fingerprint density at radius 1 is 1.35 bits per heavy atom. The van der Waals surface area contributed by atoms with E-state index >= 15 is 0 Å². The molecule has 20 heavy (non-hydrogen) atoms. The Labute approximate surface area is 130 Å². The summed E-state index contributed by atoms with van der Waals surface area (Å²) >= 11 is 3.42. The minimum absolute atomic E-state index is 0.0364. The van der Waals surface area contributed by atoms with Crippen molar-refractivity contribution in [2.75, 3.05) is 20.1 Å². The van der Waals surface area contributed by atoms with Gasteiger partial charge in [0.05, 0.1) is 0 Å². The summed E-state index contributed by atoms with van der Waals surface area (Å²) in [5, 5.41) is 0. The lowest BCUT2D eigenvalue weighted by molar-refractivity contribution is -0.131. The van der Waals surface area contributed by atoms with Crippen LogP contribution in [0.2, 0.25) is 0 Å². The quantitative estimate of drug-likeness (QED) is 0.862. The smallest absolute Gasteiger partial charge is 0.222 e. The molecule has 3 nitrogen and oxygen atoms in total. The predicted octanol–water partition coefficient (Wildman–Crippen LogP) is 3.39. The molecule has 1 aromatic carbocycles. The summed E-state index contributed by atoms with van der Waals surface area (Å²) in [5.41, 5.74) is 6.87. The Morgan fingerprint density at radius 3 is 2.40 bits per heavy atom. The first-order valence-corrected chi connectivity index (χ1v) is 7.74. The highest BCUT2D eigenvalue weighted by molar-refractivity contribution is 9.10. The standard InChI is InChI=1S/C16H25BrN2O/c1-12(13-5-7-14(17)8-6-13)9-15(20)19(4)11-16(2,3)10-18/h5-8,12H,9-11,18H2,1-4H3. The maximum atomic E-state index is 12.3. The minimum atomic E-state index is -0.0364. The van der Waals surface area contributed by atoms with Crippen LogP contribution in [0.3, 0.4) is 0 Å². The van der Waals surface area contributed by atoms with E-state index in [1.807, 2.05) is 19.2 Å². The molecule has 0 saturated carbocycles. The molecular formula is C16H25BrN2O. The summed E-state index contributed by atoms with van der Waals surface area (Å²) in [4.78, 5) is 14.1.